The zero-order valence-electron chi connectivity index (χ0n) is 4.76. The highest BCUT2D eigenvalue weighted by Crippen LogP contribution is 2.05. The standard InChI is InChI=1S/C3H4N4O3/c4-1-2(8)7(3(9)10)6-5-1/h1H,4H2,(H,9,10). The molecule has 0 radical (unpaired) electrons. The highest BCUT2D eigenvalue weighted by molar-refractivity contribution is 5.94. The molecule has 0 fully saturated rings. The molecule has 0 aliphatic carbocycles. The van der Waals surface area contributed by atoms with Crippen LogP contribution in [0, 0.1) is 0 Å². The van der Waals surface area contributed by atoms with Crippen LogP contribution in [0.4, 0.5) is 4.79 Å². The van der Waals surface area contributed by atoms with Gasteiger partial charge < -0.3 is 10.8 Å². The summed E-state index contributed by atoms with van der Waals surface area (Å²) in [7, 11) is 0. The molecule has 0 aromatic carbocycles. The molecule has 1 unspecified atom stereocenters. The number of rotatable bonds is 0. The zero-order chi connectivity index (χ0) is 7.72. The Balaban J connectivity index is 2.76. The van der Waals surface area contributed by atoms with E-state index in [1.54, 1.807) is 0 Å². The summed E-state index contributed by atoms with van der Waals surface area (Å²) in [6.07, 6.45) is -2.63. The van der Waals surface area contributed by atoms with Gasteiger partial charge in [-0.25, -0.2) is 4.79 Å². The van der Waals surface area contributed by atoms with Crippen LogP contribution < -0.4 is 5.73 Å². The lowest BCUT2D eigenvalue weighted by Gasteiger charge is -2.01. The highest BCUT2D eigenvalue weighted by atomic mass is 16.4. The quantitative estimate of drug-likeness (QED) is 0.461. The second-order valence-corrected chi connectivity index (χ2v) is 1.58. The molecular weight excluding hydrogens is 140 g/mol. The molecule has 2 amide bonds. The lowest BCUT2D eigenvalue weighted by atomic mass is 10.5. The minimum Gasteiger partial charge on any atom is -0.463 e. The topological polar surface area (TPSA) is 108 Å². The molecule has 0 spiro atoms. The van der Waals surface area contributed by atoms with Crippen LogP contribution in [0.2, 0.25) is 0 Å². The summed E-state index contributed by atoms with van der Waals surface area (Å²) in [6, 6.07) is 0. The zero-order valence-corrected chi connectivity index (χ0v) is 4.76. The average Bonchev–Trinajstić information content (AvgIpc) is 2.14. The van der Waals surface area contributed by atoms with Crippen LogP contribution in [0.1, 0.15) is 0 Å². The van der Waals surface area contributed by atoms with Crippen molar-refractivity contribution in [1.29, 1.82) is 0 Å². The first-order valence-corrected chi connectivity index (χ1v) is 2.36. The van der Waals surface area contributed by atoms with Crippen molar-refractivity contribution >= 4 is 12.0 Å². The summed E-state index contributed by atoms with van der Waals surface area (Å²) in [6.45, 7) is 0. The minimum atomic E-state index is -1.47. The molecule has 0 aromatic heterocycles. The number of carboxylic acid groups (broad SMARTS) is 1. The van der Waals surface area contributed by atoms with Gasteiger partial charge in [-0.3, -0.25) is 4.79 Å². The Morgan fingerprint density at radius 2 is 2.40 bits per heavy atom. The van der Waals surface area contributed by atoms with E-state index in [1.807, 2.05) is 0 Å². The maximum Gasteiger partial charge on any atom is 0.436 e. The summed E-state index contributed by atoms with van der Waals surface area (Å²) < 4.78 is 0. The van der Waals surface area contributed by atoms with Gasteiger partial charge in [-0.2, -0.15) is 0 Å². The molecule has 0 aromatic rings. The summed E-state index contributed by atoms with van der Waals surface area (Å²) in [5.41, 5.74) is 4.99. The van der Waals surface area contributed by atoms with Gasteiger partial charge >= 0.3 is 6.09 Å². The van der Waals surface area contributed by atoms with E-state index in [0.29, 0.717) is 0 Å². The molecule has 0 bridgehead atoms. The molecule has 1 rings (SSSR count). The van der Waals surface area contributed by atoms with Crippen LogP contribution in [0.25, 0.3) is 0 Å². The number of amides is 2. The van der Waals surface area contributed by atoms with E-state index in [9.17, 15) is 9.59 Å². The molecular formula is C3H4N4O3. The number of nitrogens with two attached hydrogens (primary N) is 1. The van der Waals surface area contributed by atoms with Gasteiger partial charge in [-0.1, -0.05) is 5.22 Å². The second kappa shape index (κ2) is 2.03. The number of nitrogens with zero attached hydrogens (tertiary/aromatic N) is 3. The smallest absolute Gasteiger partial charge is 0.436 e. The molecule has 7 heteroatoms. The number of hydrogen-bond donors (Lipinski definition) is 2. The van der Waals surface area contributed by atoms with Crippen molar-refractivity contribution in [3.8, 4) is 0 Å². The van der Waals surface area contributed by atoms with Gasteiger partial charge in [0.2, 0.25) is 6.17 Å². The van der Waals surface area contributed by atoms with Crippen molar-refractivity contribution < 1.29 is 14.7 Å². The molecule has 0 saturated carbocycles. The van der Waals surface area contributed by atoms with Crippen molar-refractivity contribution in [3.05, 3.63) is 0 Å². The Morgan fingerprint density at radius 3 is 2.60 bits per heavy atom. The van der Waals surface area contributed by atoms with Crippen molar-refractivity contribution in [1.82, 2.24) is 5.01 Å². The third kappa shape index (κ3) is 0.818. The van der Waals surface area contributed by atoms with Gasteiger partial charge in [0.05, 0.1) is 0 Å². The third-order valence-corrected chi connectivity index (χ3v) is 0.908. The largest absolute Gasteiger partial charge is 0.463 e. The minimum absolute atomic E-state index is 0.199. The van der Waals surface area contributed by atoms with E-state index < -0.39 is 18.2 Å². The summed E-state index contributed by atoms with van der Waals surface area (Å²) in [5.74, 6) is -0.826. The van der Waals surface area contributed by atoms with Gasteiger partial charge in [0, 0.05) is 0 Å². The molecule has 3 N–H and O–H groups in total. The van der Waals surface area contributed by atoms with Crippen LogP contribution in [-0.4, -0.2) is 28.3 Å². The van der Waals surface area contributed by atoms with Crippen molar-refractivity contribution in [2.45, 2.75) is 6.17 Å². The molecule has 1 aliphatic rings. The fourth-order valence-corrected chi connectivity index (χ4v) is 0.459. The summed E-state index contributed by atoms with van der Waals surface area (Å²) in [4.78, 5) is 20.6. The molecule has 1 aliphatic heterocycles. The average molecular weight is 144 g/mol. The van der Waals surface area contributed by atoms with Crippen LogP contribution in [-0.2, 0) is 4.79 Å². The van der Waals surface area contributed by atoms with E-state index in [1.165, 1.54) is 0 Å². The Morgan fingerprint density at radius 1 is 1.80 bits per heavy atom. The summed E-state index contributed by atoms with van der Waals surface area (Å²) >= 11 is 0. The van der Waals surface area contributed by atoms with E-state index in [-0.39, 0.29) is 5.01 Å². The van der Waals surface area contributed by atoms with E-state index >= 15 is 0 Å². The van der Waals surface area contributed by atoms with Crippen LogP contribution in [0.3, 0.4) is 0 Å². The van der Waals surface area contributed by atoms with Gasteiger partial charge in [-0.15, -0.1) is 10.1 Å². The SMILES string of the molecule is NC1N=NN(C(=O)O)C1=O. The lowest BCUT2D eigenvalue weighted by molar-refractivity contribution is -0.128. The van der Waals surface area contributed by atoms with Crippen LogP contribution >= 0.6 is 0 Å². The van der Waals surface area contributed by atoms with Gasteiger partial charge in [-0.05, 0) is 0 Å². The Bertz CT molecular complexity index is 212. The molecule has 54 valence electrons. The number of hydrogen-bond acceptors (Lipinski definition) is 5. The monoisotopic (exact) mass is 144 g/mol. The van der Waals surface area contributed by atoms with Gasteiger partial charge in [0.1, 0.15) is 0 Å². The molecule has 7 nitrogen and oxygen atoms in total. The van der Waals surface area contributed by atoms with E-state index in [0.717, 1.165) is 0 Å². The first-order chi connectivity index (χ1) is 4.63. The van der Waals surface area contributed by atoms with Crippen molar-refractivity contribution in [2.24, 2.45) is 16.1 Å². The molecule has 10 heavy (non-hydrogen) atoms. The van der Waals surface area contributed by atoms with Crippen LogP contribution in [0.15, 0.2) is 10.3 Å². The summed E-state index contributed by atoms with van der Waals surface area (Å²) in [5, 5.41) is 14.5. The number of carbonyl (C=O) groups excluding carboxylic acids is 1. The Kier molecular flexibility index (Phi) is 1.34. The highest BCUT2D eigenvalue weighted by Gasteiger charge is 2.31. The Labute approximate surface area is 55.1 Å². The number of carbonyl (C=O) groups is 2. The fraction of sp³-hybridized carbons (Fsp3) is 0.333. The van der Waals surface area contributed by atoms with E-state index in [2.05, 4.69) is 10.3 Å². The first-order valence-electron chi connectivity index (χ1n) is 2.36. The maximum absolute atomic E-state index is 10.6. The van der Waals surface area contributed by atoms with Crippen molar-refractivity contribution in [3.63, 3.8) is 0 Å². The predicted molar refractivity (Wildman–Crippen MR) is 27.7 cm³/mol. The van der Waals surface area contributed by atoms with Crippen LogP contribution in [0.5, 0.6) is 0 Å². The molecule has 1 atom stereocenters. The first kappa shape index (κ1) is 6.62. The van der Waals surface area contributed by atoms with Gasteiger partial charge in [0.15, 0.2) is 0 Å². The third-order valence-electron chi connectivity index (χ3n) is 0.908. The Hall–Kier alpha value is -1.50. The van der Waals surface area contributed by atoms with Gasteiger partial charge in [0.25, 0.3) is 5.91 Å². The van der Waals surface area contributed by atoms with E-state index in [4.69, 9.17) is 10.8 Å². The normalized spacial score (nSPS) is 23.9. The maximum atomic E-state index is 10.6. The number of imide groups is 1. The predicted octanol–water partition coefficient (Wildman–Crippen LogP) is -0.841. The molecule has 0 saturated heterocycles. The fourth-order valence-electron chi connectivity index (χ4n) is 0.459. The van der Waals surface area contributed by atoms with Crippen molar-refractivity contribution in [2.75, 3.05) is 0 Å². The second-order valence-electron chi connectivity index (χ2n) is 1.58. The lowest BCUT2D eigenvalue weighted by Crippen LogP contribution is -2.36. The molecule has 1 heterocycles.